The lowest BCUT2D eigenvalue weighted by Gasteiger charge is -2.18. The standard InChI is InChI=1S/C21H22N2O6/c1-12-5-6-13(21(26)29-4)9-15(12)22-16-11-19(24)23(20(16)25)14-7-8-17(27-2)18(10-14)28-3/h5-10,16,22H,11H2,1-4H3/t16-/m0/s1. The van der Waals surface area contributed by atoms with Gasteiger partial charge in [-0.05, 0) is 36.8 Å². The molecule has 29 heavy (non-hydrogen) atoms. The number of amides is 2. The van der Waals surface area contributed by atoms with Crippen molar-refractivity contribution in [3.63, 3.8) is 0 Å². The highest BCUT2D eigenvalue weighted by Crippen LogP contribution is 2.34. The molecule has 1 aliphatic rings. The first-order valence-electron chi connectivity index (χ1n) is 8.94. The number of rotatable bonds is 6. The molecule has 0 aromatic heterocycles. The monoisotopic (exact) mass is 398 g/mol. The van der Waals surface area contributed by atoms with Crippen LogP contribution in [0.15, 0.2) is 36.4 Å². The number of nitrogens with zero attached hydrogens (tertiary/aromatic N) is 1. The Balaban J connectivity index is 1.86. The summed E-state index contributed by atoms with van der Waals surface area (Å²) in [4.78, 5) is 38.4. The topological polar surface area (TPSA) is 94.2 Å². The highest BCUT2D eigenvalue weighted by molar-refractivity contribution is 6.23. The fourth-order valence-electron chi connectivity index (χ4n) is 3.19. The molecule has 0 radical (unpaired) electrons. The van der Waals surface area contributed by atoms with E-state index in [2.05, 4.69) is 5.32 Å². The van der Waals surface area contributed by atoms with Gasteiger partial charge in [-0.2, -0.15) is 0 Å². The molecule has 1 N–H and O–H groups in total. The van der Waals surface area contributed by atoms with Gasteiger partial charge in [0, 0.05) is 11.8 Å². The molecule has 8 nitrogen and oxygen atoms in total. The normalized spacial score (nSPS) is 16.0. The van der Waals surface area contributed by atoms with Gasteiger partial charge in [-0.25, -0.2) is 9.69 Å². The fraction of sp³-hybridized carbons (Fsp3) is 0.286. The molecule has 1 saturated heterocycles. The van der Waals surface area contributed by atoms with E-state index in [9.17, 15) is 14.4 Å². The number of carbonyl (C=O) groups is 3. The van der Waals surface area contributed by atoms with E-state index in [0.29, 0.717) is 28.4 Å². The third-order valence-corrected chi connectivity index (χ3v) is 4.76. The Hall–Kier alpha value is -3.55. The molecule has 0 unspecified atom stereocenters. The molecular formula is C21H22N2O6. The van der Waals surface area contributed by atoms with Gasteiger partial charge in [0.25, 0.3) is 5.91 Å². The second-order valence-electron chi connectivity index (χ2n) is 6.53. The van der Waals surface area contributed by atoms with Gasteiger partial charge in [-0.15, -0.1) is 0 Å². The van der Waals surface area contributed by atoms with Crippen LogP contribution in [-0.4, -0.2) is 45.2 Å². The molecule has 8 heteroatoms. The number of hydrogen-bond donors (Lipinski definition) is 1. The van der Waals surface area contributed by atoms with Gasteiger partial charge >= 0.3 is 5.97 Å². The Kier molecular flexibility index (Phi) is 5.72. The Morgan fingerprint density at radius 1 is 1.03 bits per heavy atom. The number of benzene rings is 2. The first kappa shape index (κ1) is 20.2. The summed E-state index contributed by atoms with van der Waals surface area (Å²) in [6, 6.07) is 9.11. The van der Waals surface area contributed by atoms with E-state index in [0.717, 1.165) is 10.5 Å². The van der Waals surface area contributed by atoms with Gasteiger partial charge in [-0.1, -0.05) is 6.07 Å². The first-order chi connectivity index (χ1) is 13.9. The van der Waals surface area contributed by atoms with Gasteiger partial charge < -0.3 is 19.5 Å². The number of nitrogens with one attached hydrogen (secondary N) is 1. The van der Waals surface area contributed by atoms with E-state index in [1.807, 2.05) is 6.92 Å². The molecule has 0 aliphatic carbocycles. The highest BCUT2D eigenvalue weighted by atomic mass is 16.5. The average Bonchev–Trinajstić information content (AvgIpc) is 3.01. The summed E-state index contributed by atoms with van der Waals surface area (Å²) in [5, 5.41) is 3.08. The van der Waals surface area contributed by atoms with Crippen molar-refractivity contribution in [1.82, 2.24) is 0 Å². The number of aryl methyl sites for hydroxylation is 1. The molecule has 0 saturated carbocycles. The zero-order valence-corrected chi connectivity index (χ0v) is 16.6. The molecule has 2 aromatic rings. The van der Waals surface area contributed by atoms with Gasteiger partial charge in [0.05, 0.1) is 39.0 Å². The molecule has 0 bridgehead atoms. The van der Waals surface area contributed by atoms with Crippen LogP contribution in [0.4, 0.5) is 11.4 Å². The fourth-order valence-corrected chi connectivity index (χ4v) is 3.19. The molecule has 1 aliphatic heterocycles. The van der Waals surface area contributed by atoms with Crippen LogP contribution in [0, 0.1) is 6.92 Å². The van der Waals surface area contributed by atoms with Gasteiger partial charge in [0.2, 0.25) is 5.91 Å². The maximum atomic E-state index is 12.9. The number of hydrogen-bond acceptors (Lipinski definition) is 7. The van der Waals surface area contributed by atoms with Crippen molar-refractivity contribution >= 4 is 29.2 Å². The van der Waals surface area contributed by atoms with E-state index >= 15 is 0 Å². The molecule has 0 spiro atoms. The maximum Gasteiger partial charge on any atom is 0.337 e. The lowest BCUT2D eigenvalue weighted by Crippen LogP contribution is -2.35. The molecule has 2 aromatic carbocycles. The van der Waals surface area contributed by atoms with Crippen molar-refractivity contribution in [2.24, 2.45) is 0 Å². The number of imide groups is 1. The Bertz CT molecular complexity index is 972. The Labute approximate surface area is 168 Å². The summed E-state index contributed by atoms with van der Waals surface area (Å²) >= 11 is 0. The number of esters is 1. The molecular weight excluding hydrogens is 376 g/mol. The van der Waals surface area contributed by atoms with Crippen molar-refractivity contribution in [3.05, 3.63) is 47.5 Å². The maximum absolute atomic E-state index is 12.9. The third-order valence-electron chi connectivity index (χ3n) is 4.76. The molecule has 152 valence electrons. The van der Waals surface area contributed by atoms with E-state index < -0.39 is 12.0 Å². The number of anilines is 2. The number of carbonyl (C=O) groups excluding carboxylic acids is 3. The molecule has 2 amide bonds. The van der Waals surface area contributed by atoms with Crippen LogP contribution >= 0.6 is 0 Å². The van der Waals surface area contributed by atoms with Gasteiger partial charge in [-0.3, -0.25) is 9.59 Å². The van der Waals surface area contributed by atoms with Crippen LogP contribution in [0.1, 0.15) is 22.3 Å². The highest BCUT2D eigenvalue weighted by Gasteiger charge is 2.40. The zero-order valence-electron chi connectivity index (χ0n) is 16.6. The van der Waals surface area contributed by atoms with Crippen LogP contribution in [0.25, 0.3) is 0 Å². The molecule has 1 fully saturated rings. The molecule has 3 rings (SSSR count). The lowest BCUT2D eigenvalue weighted by molar-refractivity contribution is -0.121. The minimum Gasteiger partial charge on any atom is -0.493 e. The molecule has 1 atom stereocenters. The molecule has 1 heterocycles. The largest absolute Gasteiger partial charge is 0.493 e. The third kappa shape index (κ3) is 3.87. The van der Waals surface area contributed by atoms with E-state index in [4.69, 9.17) is 14.2 Å². The van der Waals surface area contributed by atoms with Crippen LogP contribution in [-0.2, 0) is 14.3 Å². The summed E-state index contributed by atoms with van der Waals surface area (Å²) in [5.74, 6) is -0.274. The van der Waals surface area contributed by atoms with Crippen molar-refractivity contribution < 1.29 is 28.6 Å². The lowest BCUT2D eigenvalue weighted by atomic mass is 10.1. The summed E-state index contributed by atoms with van der Waals surface area (Å²) in [7, 11) is 4.29. The van der Waals surface area contributed by atoms with Crippen LogP contribution in [0.2, 0.25) is 0 Å². The van der Waals surface area contributed by atoms with Crippen molar-refractivity contribution in [1.29, 1.82) is 0 Å². The SMILES string of the molecule is COC(=O)c1ccc(C)c(N[C@H]2CC(=O)N(c3ccc(OC)c(OC)c3)C2=O)c1. The van der Waals surface area contributed by atoms with Crippen molar-refractivity contribution in [2.45, 2.75) is 19.4 Å². The minimum absolute atomic E-state index is 0.00489. The van der Waals surface area contributed by atoms with Gasteiger partial charge in [0.1, 0.15) is 6.04 Å². The second-order valence-corrected chi connectivity index (χ2v) is 6.53. The van der Waals surface area contributed by atoms with Crippen molar-refractivity contribution in [2.75, 3.05) is 31.5 Å². The first-order valence-corrected chi connectivity index (χ1v) is 8.94. The predicted molar refractivity (Wildman–Crippen MR) is 107 cm³/mol. The smallest absolute Gasteiger partial charge is 0.337 e. The summed E-state index contributed by atoms with van der Waals surface area (Å²) in [6.45, 7) is 1.84. The number of methoxy groups -OCH3 is 3. The second kappa shape index (κ2) is 8.22. The summed E-state index contributed by atoms with van der Waals surface area (Å²) < 4.78 is 15.2. The van der Waals surface area contributed by atoms with Crippen LogP contribution in [0.5, 0.6) is 11.5 Å². The van der Waals surface area contributed by atoms with E-state index in [1.165, 1.54) is 21.3 Å². The van der Waals surface area contributed by atoms with Crippen molar-refractivity contribution in [3.8, 4) is 11.5 Å². The minimum atomic E-state index is -0.748. The zero-order chi connectivity index (χ0) is 21.1. The Morgan fingerprint density at radius 3 is 2.41 bits per heavy atom. The summed E-state index contributed by atoms with van der Waals surface area (Å²) in [6.07, 6.45) is -0.00489. The van der Waals surface area contributed by atoms with Gasteiger partial charge in [0.15, 0.2) is 11.5 Å². The quantitative estimate of drug-likeness (QED) is 0.590. The van der Waals surface area contributed by atoms with E-state index in [1.54, 1.807) is 36.4 Å². The average molecular weight is 398 g/mol. The Morgan fingerprint density at radius 2 is 1.76 bits per heavy atom. The van der Waals surface area contributed by atoms with E-state index in [-0.39, 0.29) is 18.2 Å². The van der Waals surface area contributed by atoms with Crippen LogP contribution in [0.3, 0.4) is 0 Å². The predicted octanol–water partition coefficient (Wildman–Crippen LogP) is 2.54. The number of ether oxygens (including phenoxy) is 3. The summed E-state index contributed by atoms with van der Waals surface area (Å²) in [5.41, 5.74) is 2.19. The van der Waals surface area contributed by atoms with Crippen LogP contribution < -0.4 is 19.7 Å².